The summed E-state index contributed by atoms with van der Waals surface area (Å²) >= 11 is 0. The number of carboxylic acid groups (broad SMARTS) is 1. The second-order valence-electron chi connectivity index (χ2n) is 4.95. The number of hydrogen-bond acceptors (Lipinski definition) is 3. The summed E-state index contributed by atoms with van der Waals surface area (Å²) in [5.74, 6) is -2.67. The smallest absolute Gasteiger partial charge is 0.352 e. The van der Waals surface area contributed by atoms with Crippen LogP contribution in [0.15, 0.2) is 30.3 Å². The number of rotatable bonds is 4. The molecule has 0 spiro atoms. The maximum absolute atomic E-state index is 12.4. The predicted molar refractivity (Wildman–Crippen MR) is 81.2 cm³/mol. The molecule has 6 heteroatoms. The molecule has 0 atom stereocenters. The molecule has 0 fully saturated rings. The largest absolute Gasteiger partial charge is 0.477 e. The number of carbonyl (C=O) groups is 3. The lowest BCUT2D eigenvalue weighted by atomic mass is 10.1. The number of benzene rings is 1. The molecule has 0 saturated heterocycles. The minimum absolute atomic E-state index is 0.00774. The number of nitrogens with zero attached hydrogens (tertiary/aromatic N) is 1. The molecule has 0 aliphatic heterocycles. The summed E-state index contributed by atoms with van der Waals surface area (Å²) < 4.78 is 1.40. The molecule has 22 heavy (non-hydrogen) atoms. The third-order valence-corrected chi connectivity index (χ3v) is 3.60. The molecule has 114 valence electrons. The Bertz CT molecular complexity index is 760. The van der Waals surface area contributed by atoms with E-state index >= 15 is 0 Å². The van der Waals surface area contributed by atoms with Crippen molar-refractivity contribution < 1.29 is 19.5 Å². The fourth-order valence-electron chi connectivity index (χ4n) is 2.44. The molecule has 1 amide bonds. The van der Waals surface area contributed by atoms with Crippen molar-refractivity contribution in [2.24, 2.45) is 7.05 Å². The SMILES string of the molecule is Cc1c(C(=O)C(=O)Nc2ccccc2)c(C)n(C)c1C(=O)O. The average molecular weight is 300 g/mol. The maximum Gasteiger partial charge on any atom is 0.352 e. The van der Waals surface area contributed by atoms with Gasteiger partial charge in [-0.3, -0.25) is 9.59 Å². The van der Waals surface area contributed by atoms with Crippen molar-refractivity contribution in [3.8, 4) is 0 Å². The Morgan fingerprint density at radius 3 is 2.18 bits per heavy atom. The van der Waals surface area contributed by atoms with Gasteiger partial charge in [-0.05, 0) is 31.5 Å². The Labute approximate surface area is 127 Å². The second-order valence-corrected chi connectivity index (χ2v) is 4.95. The van der Waals surface area contributed by atoms with Crippen LogP contribution in [0.5, 0.6) is 0 Å². The normalized spacial score (nSPS) is 10.3. The van der Waals surface area contributed by atoms with Crippen LogP contribution in [-0.2, 0) is 11.8 Å². The van der Waals surface area contributed by atoms with E-state index in [2.05, 4.69) is 5.32 Å². The first-order valence-corrected chi connectivity index (χ1v) is 6.64. The molecule has 6 nitrogen and oxygen atoms in total. The number of para-hydroxylation sites is 1. The van der Waals surface area contributed by atoms with Crippen molar-refractivity contribution in [1.29, 1.82) is 0 Å². The summed E-state index contributed by atoms with van der Waals surface area (Å²) in [5.41, 5.74) is 1.39. The first kappa shape index (κ1) is 15.5. The van der Waals surface area contributed by atoms with Gasteiger partial charge in [-0.1, -0.05) is 18.2 Å². The van der Waals surface area contributed by atoms with Gasteiger partial charge in [0.2, 0.25) is 0 Å². The van der Waals surface area contributed by atoms with Crippen LogP contribution in [-0.4, -0.2) is 27.3 Å². The third-order valence-electron chi connectivity index (χ3n) is 3.60. The van der Waals surface area contributed by atoms with Gasteiger partial charge >= 0.3 is 5.97 Å². The Morgan fingerprint density at radius 1 is 1.09 bits per heavy atom. The number of anilines is 1. The first-order chi connectivity index (χ1) is 10.3. The zero-order valence-corrected chi connectivity index (χ0v) is 12.5. The molecule has 1 aromatic heterocycles. The summed E-state index contributed by atoms with van der Waals surface area (Å²) in [4.78, 5) is 35.7. The molecule has 0 aliphatic rings. The zero-order valence-electron chi connectivity index (χ0n) is 12.5. The lowest BCUT2D eigenvalue weighted by molar-refractivity contribution is -0.112. The van der Waals surface area contributed by atoms with Crippen LogP contribution in [0.1, 0.15) is 32.1 Å². The standard InChI is InChI=1S/C16H16N2O4/c1-9-12(10(2)18(3)13(9)16(21)22)14(19)15(20)17-11-7-5-4-6-8-11/h4-8H,1-3H3,(H,17,20)(H,21,22). The molecule has 1 aromatic carbocycles. The highest BCUT2D eigenvalue weighted by atomic mass is 16.4. The van der Waals surface area contributed by atoms with Crippen molar-refractivity contribution in [1.82, 2.24) is 4.57 Å². The van der Waals surface area contributed by atoms with Gasteiger partial charge in [0, 0.05) is 18.4 Å². The summed E-state index contributed by atoms with van der Waals surface area (Å²) in [6.45, 7) is 3.14. The summed E-state index contributed by atoms with van der Waals surface area (Å²) in [6.07, 6.45) is 0. The fraction of sp³-hybridized carbons (Fsp3) is 0.188. The number of aromatic carboxylic acids is 1. The number of carbonyl (C=O) groups excluding carboxylic acids is 2. The highest BCUT2D eigenvalue weighted by Crippen LogP contribution is 2.22. The average Bonchev–Trinajstić information content (AvgIpc) is 2.69. The van der Waals surface area contributed by atoms with Crippen LogP contribution in [0.3, 0.4) is 0 Å². The number of aromatic nitrogens is 1. The molecule has 0 bridgehead atoms. The zero-order chi connectivity index (χ0) is 16.4. The van der Waals surface area contributed by atoms with Gasteiger partial charge in [0.1, 0.15) is 5.69 Å². The molecule has 1 heterocycles. The molecule has 0 saturated carbocycles. The Kier molecular flexibility index (Phi) is 4.12. The van der Waals surface area contributed by atoms with E-state index in [-0.39, 0.29) is 11.3 Å². The van der Waals surface area contributed by atoms with E-state index in [0.717, 1.165) is 0 Å². The summed E-state index contributed by atoms with van der Waals surface area (Å²) in [6, 6.07) is 8.60. The van der Waals surface area contributed by atoms with E-state index in [0.29, 0.717) is 16.9 Å². The molecule has 0 aliphatic carbocycles. The summed E-state index contributed by atoms with van der Waals surface area (Å²) in [5, 5.41) is 11.7. The quantitative estimate of drug-likeness (QED) is 0.669. The fourth-order valence-corrected chi connectivity index (χ4v) is 2.44. The van der Waals surface area contributed by atoms with Crippen molar-refractivity contribution in [3.05, 3.63) is 52.8 Å². The van der Waals surface area contributed by atoms with Crippen molar-refractivity contribution in [2.75, 3.05) is 5.32 Å². The van der Waals surface area contributed by atoms with Crippen LogP contribution in [0.4, 0.5) is 5.69 Å². The number of nitrogens with one attached hydrogen (secondary N) is 1. The minimum Gasteiger partial charge on any atom is -0.477 e. The van der Waals surface area contributed by atoms with Crippen molar-refractivity contribution >= 4 is 23.3 Å². The van der Waals surface area contributed by atoms with E-state index in [1.54, 1.807) is 44.3 Å². The Morgan fingerprint density at radius 2 is 1.68 bits per heavy atom. The van der Waals surface area contributed by atoms with E-state index in [9.17, 15) is 19.5 Å². The number of ketones is 1. The highest BCUT2D eigenvalue weighted by molar-refractivity contribution is 6.47. The lowest BCUT2D eigenvalue weighted by Gasteiger charge is -2.05. The van der Waals surface area contributed by atoms with Crippen LogP contribution < -0.4 is 5.32 Å². The summed E-state index contributed by atoms with van der Waals surface area (Å²) in [7, 11) is 1.55. The molecule has 0 unspecified atom stereocenters. The van der Waals surface area contributed by atoms with Gasteiger partial charge < -0.3 is 15.0 Å². The predicted octanol–water partition coefficient (Wildman–Crippen LogP) is 2.16. The van der Waals surface area contributed by atoms with Crippen LogP contribution >= 0.6 is 0 Å². The number of hydrogen-bond donors (Lipinski definition) is 2. The van der Waals surface area contributed by atoms with Crippen molar-refractivity contribution in [2.45, 2.75) is 13.8 Å². The Balaban J connectivity index is 2.36. The van der Waals surface area contributed by atoms with E-state index in [1.165, 1.54) is 11.5 Å². The van der Waals surface area contributed by atoms with E-state index < -0.39 is 17.7 Å². The topological polar surface area (TPSA) is 88.4 Å². The van der Waals surface area contributed by atoms with E-state index in [4.69, 9.17) is 0 Å². The van der Waals surface area contributed by atoms with Crippen LogP contribution in [0.2, 0.25) is 0 Å². The molecular weight excluding hydrogens is 284 g/mol. The van der Waals surface area contributed by atoms with Gasteiger partial charge in [0.05, 0.1) is 5.56 Å². The van der Waals surface area contributed by atoms with Gasteiger partial charge in [0.25, 0.3) is 11.7 Å². The lowest BCUT2D eigenvalue weighted by Crippen LogP contribution is -2.24. The van der Waals surface area contributed by atoms with Crippen LogP contribution in [0.25, 0.3) is 0 Å². The molecular formula is C16H16N2O4. The van der Waals surface area contributed by atoms with Gasteiger partial charge in [0.15, 0.2) is 0 Å². The number of amides is 1. The molecule has 2 N–H and O–H groups in total. The van der Waals surface area contributed by atoms with Crippen molar-refractivity contribution in [3.63, 3.8) is 0 Å². The third kappa shape index (κ3) is 2.63. The highest BCUT2D eigenvalue weighted by Gasteiger charge is 2.28. The number of Topliss-reactive ketones (excluding diaryl/α,β-unsaturated/α-hetero) is 1. The van der Waals surface area contributed by atoms with Gasteiger partial charge in [-0.2, -0.15) is 0 Å². The first-order valence-electron chi connectivity index (χ1n) is 6.64. The minimum atomic E-state index is -1.13. The number of carboxylic acids is 1. The molecule has 2 aromatic rings. The van der Waals surface area contributed by atoms with Crippen LogP contribution in [0, 0.1) is 13.8 Å². The maximum atomic E-state index is 12.4. The molecule has 0 radical (unpaired) electrons. The monoisotopic (exact) mass is 300 g/mol. The molecule has 2 rings (SSSR count). The van der Waals surface area contributed by atoms with E-state index in [1.807, 2.05) is 0 Å². The Hall–Kier alpha value is -2.89. The second kappa shape index (κ2) is 5.85. The van der Waals surface area contributed by atoms with Gasteiger partial charge in [-0.25, -0.2) is 4.79 Å². The van der Waals surface area contributed by atoms with Gasteiger partial charge in [-0.15, -0.1) is 0 Å².